The molecule has 2 heterocycles. The van der Waals surface area contributed by atoms with Gasteiger partial charge in [-0.2, -0.15) is 0 Å². The van der Waals surface area contributed by atoms with Crippen molar-refractivity contribution in [2.45, 2.75) is 38.3 Å². The second kappa shape index (κ2) is 5.09. The Kier molecular flexibility index (Phi) is 3.42. The van der Waals surface area contributed by atoms with E-state index in [-0.39, 0.29) is 12.0 Å². The van der Waals surface area contributed by atoms with Crippen molar-refractivity contribution in [3.05, 3.63) is 29.3 Å². The van der Waals surface area contributed by atoms with Gasteiger partial charge in [-0.25, -0.2) is 0 Å². The van der Waals surface area contributed by atoms with Gasteiger partial charge in [0.2, 0.25) is 0 Å². The van der Waals surface area contributed by atoms with Gasteiger partial charge < -0.3 is 9.84 Å². The molecule has 1 aromatic carbocycles. The number of benzene rings is 1. The lowest BCUT2D eigenvalue weighted by molar-refractivity contribution is -0.147. The smallest absolute Gasteiger partial charge is 0.308 e. The predicted octanol–water partition coefficient (Wildman–Crippen LogP) is 2.48. The first-order valence-electron chi connectivity index (χ1n) is 7.27. The van der Waals surface area contributed by atoms with Gasteiger partial charge in [0.25, 0.3) is 0 Å². The van der Waals surface area contributed by atoms with Crippen LogP contribution in [0.15, 0.2) is 18.2 Å². The Balaban J connectivity index is 1.90. The fourth-order valence-corrected chi connectivity index (χ4v) is 3.78. The second-order valence-corrected chi connectivity index (χ2v) is 5.83. The first-order chi connectivity index (χ1) is 9.61. The molecule has 0 aromatic heterocycles. The fourth-order valence-electron chi connectivity index (χ4n) is 3.78. The fraction of sp³-hybridized carbons (Fsp3) is 0.562. The molecule has 1 aromatic rings. The Labute approximate surface area is 119 Å². The minimum absolute atomic E-state index is 0.113. The highest BCUT2D eigenvalue weighted by Gasteiger charge is 2.40. The van der Waals surface area contributed by atoms with E-state index in [1.165, 1.54) is 11.1 Å². The molecule has 1 saturated heterocycles. The van der Waals surface area contributed by atoms with Crippen LogP contribution in [-0.4, -0.2) is 35.7 Å². The third-order valence-corrected chi connectivity index (χ3v) is 4.92. The quantitative estimate of drug-likeness (QED) is 0.901. The number of aliphatic carboxylic acids is 1. The Hall–Kier alpha value is -1.55. The van der Waals surface area contributed by atoms with Gasteiger partial charge in [0, 0.05) is 18.6 Å². The number of hydrogen-bond acceptors (Lipinski definition) is 3. The standard InChI is InChI=1S/C16H21NO3/c1-10-13(16(18)19)5-6-15-14-4-3-12(20-2)9-11(14)7-8-17(10)15/h3-4,9-10,13,15H,5-8H2,1-2H3,(H,18,19). The molecule has 108 valence electrons. The second-order valence-electron chi connectivity index (χ2n) is 5.83. The average molecular weight is 275 g/mol. The summed E-state index contributed by atoms with van der Waals surface area (Å²) in [6.45, 7) is 3.00. The molecule has 0 radical (unpaired) electrons. The summed E-state index contributed by atoms with van der Waals surface area (Å²) in [6.07, 6.45) is 2.67. The van der Waals surface area contributed by atoms with Crippen LogP contribution in [0.1, 0.15) is 36.9 Å². The van der Waals surface area contributed by atoms with Crippen molar-refractivity contribution in [1.82, 2.24) is 4.90 Å². The maximum atomic E-state index is 11.3. The van der Waals surface area contributed by atoms with Gasteiger partial charge in [-0.1, -0.05) is 6.07 Å². The number of rotatable bonds is 2. The number of carbonyl (C=O) groups is 1. The van der Waals surface area contributed by atoms with Gasteiger partial charge in [-0.15, -0.1) is 0 Å². The number of carboxylic acid groups (broad SMARTS) is 1. The topological polar surface area (TPSA) is 49.8 Å². The number of methoxy groups -OCH3 is 1. The summed E-state index contributed by atoms with van der Waals surface area (Å²) in [7, 11) is 1.69. The average Bonchev–Trinajstić information content (AvgIpc) is 2.46. The molecule has 3 unspecified atom stereocenters. The van der Waals surface area contributed by atoms with Crippen LogP contribution in [0, 0.1) is 5.92 Å². The molecule has 0 spiro atoms. The zero-order valence-electron chi connectivity index (χ0n) is 12.0. The van der Waals surface area contributed by atoms with E-state index in [1.807, 2.05) is 6.07 Å². The number of piperidine rings is 1. The molecule has 1 N–H and O–H groups in total. The van der Waals surface area contributed by atoms with Crippen molar-refractivity contribution < 1.29 is 14.6 Å². The summed E-state index contributed by atoms with van der Waals surface area (Å²) >= 11 is 0. The molecule has 4 heteroatoms. The molecule has 0 saturated carbocycles. The molecule has 2 aliphatic rings. The molecule has 2 aliphatic heterocycles. The molecule has 0 amide bonds. The van der Waals surface area contributed by atoms with Crippen molar-refractivity contribution in [3.63, 3.8) is 0 Å². The highest BCUT2D eigenvalue weighted by atomic mass is 16.5. The van der Waals surface area contributed by atoms with Crippen molar-refractivity contribution >= 4 is 5.97 Å². The lowest BCUT2D eigenvalue weighted by Gasteiger charge is -2.47. The normalized spacial score (nSPS) is 29.4. The highest BCUT2D eigenvalue weighted by molar-refractivity contribution is 5.71. The monoisotopic (exact) mass is 275 g/mol. The Morgan fingerprint density at radius 3 is 2.90 bits per heavy atom. The Morgan fingerprint density at radius 2 is 2.20 bits per heavy atom. The number of carboxylic acids is 1. The van der Waals surface area contributed by atoms with Crippen molar-refractivity contribution in [2.24, 2.45) is 5.92 Å². The van der Waals surface area contributed by atoms with E-state index in [9.17, 15) is 9.90 Å². The van der Waals surface area contributed by atoms with Crippen LogP contribution in [-0.2, 0) is 11.2 Å². The van der Waals surface area contributed by atoms with E-state index in [2.05, 4.69) is 24.0 Å². The van der Waals surface area contributed by atoms with Gasteiger partial charge in [-0.3, -0.25) is 9.69 Å². The minimum atomic E-state index is -0.656. The van der Waals surface area contributed by atoms with Gasteiger partial charge in [0.15, 0.2) is 0 Å². The van der Waals surface area contributed by atoms with E-state index >= 15 is 0 Å². The summed E-state index contributed by atoms with van der Waals surface area (Å²) in [5.41, 5.74) is 2.71. The van der Waals surface area contributed by atoms with Gasteiger partial charge >= 0.3 is 5.97 Å². The minimum Gasteiger partial charge on any atom is -0.497 e. The molecule has 1 fully saturated rings. The summed E-state index contributed by atoms with van der Waals surface area (Å²) < 4.78 is 5.29. The van der Waals surface area contributed by atoms with E-state index in [0.717, 1.165) is 31.6 Å². The van der Waals surface area contributed by atoms with E-state index in [1.54, 1.807) is 7.11 Å². The number of hydrogen-bond donors (Lipinski definition) is 1. The maximum absolute atomic E-state index is 11.3. The number of fused-ring (bicyclic) bond motifs is 3. The molecule has 0 bridgehead atoms. The predicted molar refractivity (Wildman–Crippen MR) is 76.0 cm³/mol. The molecular formula is C16H21NO3. The molecule has 3 atom stereocenters. The van der Waals surface area contributed by atoms with Crippen LogP contribution < -0.4 is 4.74 Å². The lowest BCUT2D eigenvalue weighted by atomic mass is 9.79. The van der Waals surface area contributed by atoms with Crippen LogP contribution in [0.2, 0.25) is 0 Å². The first kappa shape index (κ1) is 13.4. The number of ether oxygens (including phenoxy) is 1. The Bertz CT molecular complexity index is 528. The van der Waals surface area contributed by atoms with Gasteiger partial charge in [0.05, 0.1) is 13.0 Å². The zero-order valence-corrected chi connectivity index (χ0v) is 12.0. The zero-order chi connectivity index (χ0) is 14.3. The first-order valence-corrected chi connectivity index (χ1v) is 7.27. The highest BCUT2D eigenvalue weighted by Crippen LogP contribution is 2.42. The molecule has 0 aliphatic carbocycles. The maximum Gasteiger partial charge on any atom is 0.308 e. The van der Waals surface area contributed by atoms with Gasteiger partial charge in [0.1, 0.15) is 5.75 Å². The summed E-state index contributed by atoms with van der Waals surface area (Å²) in [6, 6.07) is 6.77. The van der Waals surface area contributed by atoms with Crippen LogP contribution in [0.5, 0.6) is 5.75 Å². The molecule has 3 rings (SSSR count). The van der Waals surface area contributed by atoms with Crippen LogP contribution >= 0.6 is 0 Å². The van der Waals surface area contributed by atoms with Crippen molar-refractivity contribution in [3.8, 4) is 5.75 Å². The van der Waals surface area contributed by atoms with Gasteiger partial charge in [-0.05, 0) is 49.4 Å². The summed E-state index contributed by atoms with van der Waals surface area (Å²) in [4.78, 5) is 13.7. The number of nitrogens with zero attached hydrogens (tertiary/aromatic N) is 1. The molecular weight excluding hydrogens is 254 g/mol. The molecule has 4 nitrogen and oxygen atoms in total. The molecule has 20 heavy (non-hydrogen) atoms. The van der Waals surface area contributed by atoms with Crippen LogP contribution in [0.4, 0.5) is 0 Å². The third-order valence-electron chi connectivity index (χ3n) is 4.92. The van der Waals surface area contributed by atoms with E-state index < -0.39 is 5.97 Å². The van der Waals surface area contributed by atoms with Crippen molar-refractivity contribution in [1.29, 1.82) is 0 Å². The van der Waals surface area contributed by atoms with Crippen LogP contribution in [0.25, 0.3) is 0 Å². The largest absolute Gasteiger partial charge is 0.497 e. The van der Waals surface area contributed by atoms with E-state index in [0.29, 0.717) is 6.04 Å². The van der Waals surface area contributed by atoms with E-state index in [4.69, 9.17) is 4.74 Å². The van der Waals surface area contributed by atoms with Crippen molar-refractivity contribution in [2.75, 3.05) is 13.7 Å². The Morgan fingerprint density at radius 1 is 1.40 bits per heavy atom. The SMILES string of the molecule is COc1ccc2c(c1)CCN1C2CCC(C(=O)O)C1C. The van der Waals surface area contributed by atoms with Crippen LogP contribution in [0.3, 0.4) is 0 Å². The lowest BCUT2D eigenvalue weighted by Crippen LogP contribution is -2.50. The summed E-state index contributed by atoms with van der Waals surface area (Å²) in [5.74, 6) is 0.0204. The third kappa shape index (κ3) is 2.08. The summed E-state index contributed by atoms with van der Waals surface area (Å²) in [5, 5.41) is 9.32.